The van der Waals surface area contributed by atoms with Gasteiger partial charge >= 0.3 is 0 Å². The molecule has 16 heavy (non-hydrogen) atoms. The number of rotatable bonds is 0. The highest BCUT2D eigenvalue weighted by molar-refractivity contribution is 5.87. The summed E-state index contributed by atoms with van der Waals surface area (Å²) in [6, 6.07) is 8.48. The van der Waals surface area contributed by atoms with Crippen molar-refractivity contribution >= 4 is 18.2 Å². The van der Waals surface area contributed by atoms with Gasteiger partial charge in [-0.1, -0.05) is 44.2 Å². The van der Waals surface area contributed by atoms with Crippen LogP contribution in [0.3, 0.4) is 0 Å². The Kier molecular flexibility index (Phi) is 1.93. The number of benzene rings is 1. The van der Waals surface area contributed by atoms with E-state index >= 15 is 0 Å². The molecular weight excluding hydrogens is 198 g/mol. The van der Waals surface area contributed by atoms with E-state index in [1.165, 1.54) is 5.22 Å². The molecule has 82 valence electrons. The molecule has 0 bridgehead atoms. The Morgan fingerprint density at radius 2 is 1.81 bits per heavy atom. The summed E-state index contributed by atoms with van der Waals surface area (Å²) in [7, 11) is 0. The van der Waals surface area contributed by atoms with Crippen LogP contribution in [0.4, 0.5) is 0 Å². The van der Waals surface area contributed by atoms with Crippen LogP contribution in [0.5, 0.6) is 0 Å². The van der Waals surface area contributed by atoms with Crippen molar-refractivity contribution in [1.29, 1.82) is 0 Å². The molecule has 3 atom stereocenters. The fraction of sp³-hybridized carbons (Fsp3) is 0.357. The molecule has 1 aromatic carbocycles. The second-order valence-corrected chi connectivity index (χ2v) is 4.81. The zero-order valence-corrected chi connectivity index (χ0v) is 9.55. The second-order valence-electron chi connectivity index (χ2n) is 4.81. The summed E-state index contributed by atoms with van der Waals surface area (Å²) < 4.78 is 0. The van der Waals surface area contributed by atoms with Gasteiger partial charge in [-0.3, -0.25) is 4.79 Å². The fourth-order valence-electron chi connectivity index (χ4n) is 2.65. The van der Waals surface area contributed by atoms with E-state index in [4.69, 9.17) is 0 Å². The Balaban J connectivity index is 2.21. The molecule has 0 N–H and O–H groups in total. The van der Waals surface area contributed by atoms with Crippen LogP contribution >= 0.6 is 0 Å². The van der Waals surface area contributed by atoms with Gasteiger partial charge in [-0.15, -0.1) is 0 Å². The normalized spacial score (nSPS) is 31.5. The number of carbonyl (C=O) groups excluding carboxylic acids is 1. The van der Waals surface area contributed by atoms with Gasteiger partial charge in [-0.2, -0.15) is 0 Å². The maximum atomic E-state index is 12.0. The topological polar surface area (TPSA) is 20.3 Å². The lowest BCUT2D eigenvalue weighted by molar-refractivity contribution is -0.128. The number of nitrogens with zero attached hydrogens (tertiary/aromatic N) is 1. The minimum atomic E-state index is 0.131. The highest BCUT2D eigenvalue weighted by Crippen LogP contribution is 2.32. The molecule has 2 nitrogen and oxygen atoms in total. The Labute approximate surface area is 94.9 Å². The van der Waals surface area contributed by atoms with Crippen molar-refractivity contribution < 1.29 is 4.79 Å². The summed E-state index contributed by atoms with van der Waals surface area (Å²) >= 11 is 0. The van der Waals surface area contributed by atoms with E-state index in [0.29, 0.717) is 5.92 Å². The Morgan fingerprint density at radius 1 is 1.12 bits per heavy atom. The summed E-state index contributed by atoms with van der Waals surface area (Å²) in [5.41, 5.74) is 0. The quantitative estimate of drug-likeness (QED) is 0.621. The number of fused-ring (bicyclic) bond motifs is 2. The van der Waals surface area contributed by atoms with Crippen molar-refractivity contribution in [3.8, 4) is 0 Å². The molecule has 1 saturated heterocycles. The maximum Gasteiger partial charge on any atom is 0.230 e. The van der Waals surface area contributed by atoms with Gasteiger partial charge in [-0.25, -0.2) is 0 Å². The van der Waals surface area contributed by atoms with Crippen LogP contribution in [0.1, 0.15) is 13.8 Å². The van der Waals surface area contributed by atoms with E-state index < -0.39 is 0 Å². The van der Waals surface area contributed by atoms with Crippen LogP contribution in [0.15, 0.2) is 24.3 Å². The van der Waals surface area contributed by atoms with E-state index in [1.807, 2.05) is 30.2 Å². The highest BCUT2D eigenvalue weighted by Gasteiger charge is 2.41. The molecule has 1 amide bonds. The van der Waals surface area contributed by atoms with Crippen LogP contribution in [-0.4, -0.2) is 16.8 Å². The number of carbonyl (C=O) groups is 1. The van der Waals surface area contributed by atoms with Crippen molar-refractivity contribution in [2.24, 2.45) is 11.8 Å². The van der Waals surface area contributed by atoms with Gasteiger partial charge in [0, 0.05) is 12.1 Å². The molecule has 1 fully saturated rings. The average Bonchev–Trinajstić information content (AvgIpc) is 2.52. The molecule has 2 heterocycles. The summed E-state index contributed by atoms with van der Waals surface area (Å²) in [4.78, 5) is 13.9. The van der Waals surface area contributed by atoms with Gasteiger partial charge in [0.2, 0.25) is 5.91 Å². The summed E-state index contributed by atoms with van der Waals surface area (Å²) in [5.74, 6) is 0.784. The van der Waals surface area contributed by atoms with Crippen LogP contribution in [-0.2, 0) is 4.79 Å². The fourth-order valence-corrected chi connectivity index (χ4v) is 2.65. The van der Waals surface area contributed by atoms with Gasteiger partial charge in [0.1, 0.15) is 0 Å². The monoisotopic (exact) mass is 213 g/mol. The number of hydrogen-bond donors (Lipinski definition) is 0. The standard InChI is InChI=1S/C14H15NO/c1-9-10(2)14(16)15-8-12-6-4-3-5-11(12)7-13(9)15/h3-10,13H,1-2H3/t9?,10?,13-/m1/s1. The molecule has 0 aromatic heterocycles. The third-order valence-electron chi connectivity index (χ3n) is 3.92. The SMILES string of the molecule is CC1C(=O)N2C=c3ccccc3=C[C@@H]2C1C. The van der Waals surface area contributed by atoms with Crippen molar-refractivity contribution in [2.75, 3.05) is 0 Å². The Hall–Kier alpha value is -1.57. The first kappa shape index (κ1) is 9.64. The van der Waals surface area contributed by atoms with E-state index in [9.17, 15) is 4.79 Å². The summed E-state index contributed by atoms with van der Waals surface area (Å²) in [6.45, 7) is 4.18. The summed E-state index contributed by atoms with van der Waals surface area (Å²) in [6.07, 6.45) is 4.23. The first-order chi connectivity index (χ1) is 7.68. The van der Waals surface area contributed by atoms with Crippen LogP contribution in [0.2, 0.25) is 0 Å². The number of amides is 1. The first-order valence-electron chi connectivity index (χ1n) is 5.79. The van der Waals surface area contributed by atoms with Crippen molar-refractivity contribution in [3.63, 3.8) is 0 Å². The molecule has 0 aliphatic carbocycles. The lowest BCUT2D eigenvalue weighted by atomic mass is 9.92. The molecule has 0 radical (unpaired) electrons. The molecular formula is C14H15NO. The van der Waals surface area contributed by atoms with Crippen LogP contribution < -0.4 is 10.4 Å². The van der Waals surface area contributed by atoms with Gasteiger partial charge in [-0.05, 0) is 16.4 Å². The summed E-state index contributed by atoms with van der Waals surface area (Å²) in [5, 5.41) is 2.39. The molecule has 1 aromatic rings. The van der Waals surface area contributed by atoms with Gasteiger partial charge < -0.3 is 4.90 Å². The predicted molar refractivity (Wildman–Crippen MR) is 63.6 cm³/mol. The van der Waals surface area contributed by atoms with E-state index in [1.54, 1.807) is 0 Å². The molecule has 2 aliphatic heterocycles. The highest BCUT2D eigenvalue weighted by atomic mass is 16.2. The zero-order valence-electron chi connectivity index (χ0n) is 9.55. The Bertz CT molecular complexity index is 560. The lowest BCUT2D eigenvalue weighted by Crippen LogP contribution is -2.40. The van der Waals surface area contributed by atoms with Crippen LogP contribution in [0.25, 0.3) is 12.3 Å². The third-order valence-corrected chi connectivity index (χ3v) is 3.92. The van der Waals surface area contributed by atoms with E-state index in [-0.39, 0.29) is 17.9 Å². The Morgan fingerprint density at radius 3 is 2.56 bits per heavy atom. The molecule has 3 rings (SSSR count). The molecule has 2 heteroatoms. The average molecular weight is 213 g/mol. The van der Waals surface area contributed by atoms with E-state index in [0.717, 1.165) is 5.22 Å². The van der Waals surface area contributed by atoms with Gasteiger partial charge in [0.15, 0.2) is 0 Å². The lowest BCUT2D eigenvalue weighted by Gasteiger charge is -2.23. The number of hydrogen-bond acceptors (Lipinski definition) is 1. The molecule has 2 unspecified atom stereocenters. The largest absolute Gasteiger partial charge is 0.311 e. The maximum absolute atomic E-state index is 12.0. The molecule has 2 aliphatic rings. The second kappa shape index (κ2) is 3.21. The third kappa shape index (κ3) is 1.16. The zero-order chi connectivity index (χ0) is 11.3. The van der Waals surface area contributed by atoms with Crippen molar-refractivity contribution in [3.05, 3.63) is 34.7 Å². The predicted octanol–water partition coefficient (Wildman–Crippen LogP) is 0.702. The molecule has 0 saturated carbocycles. The smallest absolute Gasteiger partial charge is 0.230 e. The van der Waals surface area contributed by atoms with Gasteiger partial charge in [0.25, 0.3) is 0 Å². The van der Waals surface area contributed by atoms with Gasteiger partial charge in [0.05, 0.1) is 6.04 Å². The first-order valence-corrected chi connectivity index (χ1v) is 5.79. The minimum Gasteiger partial charge on any atom is -0.311 e. The van der Waals surface area contributed by atoms with E-state index in [2.05, 4.69) is 25.1 Å². The van der Waals surface area contributed by atoms with Crippen molar-refractivity contribution in [2.45, 2.75) is 19.9 Å². The molecule has 0 spiro atoms. The van der Waals surface area contributed by atoms with Crippen molar-refractivity contribution in [1.82, 2.24) is 4.90 Å². The minimum absolute atomic E-state index is 0.131. The van der Waals surface area contributed by atoms with Crippen LogP contribution in [0, 0.1) is 11.8 Å².